The Balaban J connectivity index is 2.50. The van der Waals surface area contributed by atoms with Crippen molar-refractivity contribution in [2.45, 2.75) is 45.6 Å². The lowest BCUT2D eigenvalue weighted by molar-refractivity contribution is 0.271. The normalized spacial score (nSPS) is 10.6. The zero-order valence-corrected chi connectivity index (χ0v) is 13.4. The van der Waals surface area contributed by atoms with Crippen LogP contribution in [0.15, 0.2) is 18.2 Å². The Hall–Kier alpha value is -1.26. The maximum Gasteiger partial charge on any atom is 0.127 e. The molecule has 0 fully saturated rings. The van der Waals surface area contributed by atoms with Gasteiger partial charge < -0.3 is 19.9 Å². The van der Waals surface area contributed by atoms with Crippen molar-refractivity contribution in [1.82, 2.24) is 5.32 Å². The van der Waals surface area contributed by atoms with E-state index in [2.05, 4.69) is 18.3 Å². The number of hydrogen-bond acceptors (Lipinski definition) is 4. The van der Waals surface area contributed by atoms with Gasteiger partial charge in [0.05, 0.1) is 13.2 Å². The first-order chi connectivity index (χ1) is 10.3. The second-order valence-corrected chi connectivity index (χ2v) is 5.13. The number of unbranched alkanes of at least 4 members (excludes halogenated alkanes) is 3. The van der Waals surface area contributed by atoms with Gasteiger partial charge in [0.25, 0.3) is 0 Å². The molecule has 0 aromatic heterocycles. The molecule has 0 radical (unpaired) electrons. The molecule has 4 nitrogen and oxygen atoms in total. The van der Waals surface area contributed by atoms with Crippen molar-refractivity contribution >= 4 is 0 Å². The van der Waals surface area contributed by atoms with Crippen LogP contribution in [-0.4, -0.2) is 32.0 Å². The number of aliphatic hydroxyl groups excluding tert-OH is 1. The van der Waals surface area contributed by atoms with Gasteiger partial charge >= 0.3 is 0 Å². The van der Waals surface area contributed by atoms with Crippen molar-refractivity contribution in [2.75, 3.05) is 26.9 Å². The molecule has 0 bridgehead atoms. The van der Waals surface area contributed by atoms with Crippen molar-refractivity contribution in [2.24, 2.45) is 0 Å². The first kappa shape index (κ1) is 17.8. The molecule has 120 valence electrons. The van der Waals surface area contributed by atoms with Gasteiger partial charge in [0.2, 0.25) is 0 Å². The molecular formula is C17H29NO3. The van der Waals surface area contributed by atoms with Crippen LogP contribution < -0.4 is 14.8 Å². The Labute approximate surface area is 128 Å². The fourth-order valence-electron chi connectivity index (χ4n) is 2.06. The molecule has 21 heavy (non-hydrogen) atoms. The highest BCUT2D eigenvalue weighted by molar-refractivity contribution is 5.40. The summed E-state index contributed by atoms with van der Waals surface area (Å²) >= 11 is 0. The van der Waals surface area contributed by atoms with E-state index >= 15 is 0 Å². The van der Waals surface area contributed by atoms with Gasteiger partial charge in [-0.1, -0.05) is 19.4 Å². The fourth-order valence-corrected chi connectivity index (χ4v) is 2.06. The average molecular weight is 295 g/mol. The number of hydrogen-bond donors (Lipinski definition) is 2. The van der Waals surface area contributed by atoms with E-state index in [1.807, 2.05) is 19.2 Å². The summed E-state index contributed by atoms with van der Waals surface area (Å²) in [5.41, 5.74) is 1.15. The quantitative estimate of drug-likeness (QED) is 0.582. The average Bonchev–Trinajstić information content (AvgIpc) is 2.50. The number of nitrogens with one attached hydrogen (secondary N) is 1. The Morgan fingerprint density at radius 1 is 1.05 bits per heavy atom. The molecule has 0 heterocycles. The molecule has 0 saturated carbocycles. The van der Waals surface area contributed by atoms with Crippen LogP contribution in [0.3, 0.4) is 0 Å². The SMILES string of the molecule is CCCOc1ccc(CNC)c(OCCCCCCO)c1. The van der Waals surface area contributed by atoms with E-state index in [0.717, 1.165) is 62.3 Å². The summed E-state index contributed by atoms with van der Waals surface area (Å²) in [6, 6.07) is 6.04. The standard InChI is InChI=1S/C17H29NO3/c1-3-11-20-16-9-8-15(14-18-2)17(13-16)21-12-7-5-4-6-10-19/h8-9,13,18-19H,3-7,10-12,14H2,1-2H3. The fraction of sp³-hybridized carbons (Fsp3) is 0.647. The Morgan fingerprint density at radius 2 is 1.86 bits per heavy atom. The highest BCUT2D eigenvalue weighted by atomic mass is 16.5. The van der Waals surface area contributed by atoms with Crippen molar-refractivity contribution in [3.05, 3.63) is 23.8 Å². The molecule has 0 aliphatic carbocycles. The van der Waals surface area contributed by atoms with Crippen LogP contribution >= 0.6 is 0 Å². The molecule has 1 aromatic rings. The van der Waals surface area contributed by atoms with Crippen LogP contribution in [0.1, 0.15) is 44.6 Å². The summed E-state index contributed by atoms with van der Waals surface area (Å²) in [5.74, 6) is 1.77. The smallest absolute Gasteiger partial charge is 0.127 e. The minimum absolute atomic E-state index is 0.282. The van der Waals surface area contributed by atoms with Gasteiger partial charge in [-0.05, 0) is 38.8 Å². The van der Waals surface area contributed by atoms with E-state index in [4.69, 9.17) is 14.6 Å². The topological polar surface area (TPSA) is 50.7 Å². The van der Waals surface area contributed by atoms with Crippen molar-refractivity contribution in [3.63, 3.8) is 0 Å². The monoisotopic (exact) mass is 295 g/mol. The summed E-state index contributed by atoms with van der Waals surface area (Å²) in [5, 5.41) is 11.9. The summed E-state index contributed by atoms with van der Waals surface area (Å²) in [6.45, 7) is 4.60. The van der Waals surface area contributed by atoms with Gasteiger partial charge in [-0.2, -0.15) is 0 Å². The second kappa shape index (κ2) is 11.4. The highest BCUT2D eigenvalue weighted by Crippen LogP contribution is 2.25. The maximum absolute atomic E-state index is 8.75. The number of aliphatic hydroxyl groups is 1. The second-order valence-electron chi connectivity index (χ2n) is 5.13. The van der Waals surface area contributed by atoms with E-state index in [-0.39, 0.29) is 6.61 Å². The molecule has 1 aromatic carbocycles. The van der Waals surface area contributed by atoms with Crippen LogP contribution in [0.25, 0.3) is 0 Å². The summed E-state index contributed by atoms with van der Waals surface area (Å²) < 4.78 is 11.6. The van der Waals surface area contributed by atoms with Crippen LogP contribution in [0.2, 0.25) is 0 Å². The lowest BCUT2D eigenvalue weighted by atomic mass is 10.2. The number of ether oxygens (including phenoxy) is 2. The predicted octanol–water partition coefficient (Wildman–Crippen LogP) is 3.13. The summed E-state index contributed by atoms with van der Waals surface area (Å²) in [4.78, 5) is 0. The molecule has 0 aliphatic heterocycles. The van der Waals surface area contributed by atoms with Gasteiger partial charge in [-0.15, -0.1) is 0 Å². The molecule has 0 atom stereocenters. The van der Waals surface area contributed by atoms with E-state index in [1.165, 1.54) is 0 Å². The van der Waals surface area contributed by atoms with E-state index in [1.54, 1.807) is 0 Å². The molecule has 0 spiro atoms. The predicted molar refractivity (Wildman–Crippen MR) is 86.0 cm³/mol. The molecule has 0 amide bonds. The van der Waals surface area contributed by atoms with E-state index in [0.29, 0.717) is 6.61 Å². The van der Waals surface area contributed by atoms with Gasteiger partial charge in [-0.3, -0.25) is 0 Å². The van der Waals surface area contributed by atoms with Gasteiger partial charge in [-0.25, -0.2) is 0 Å². The van der Waals surface area contributed by atoms with Gasteiger partial charge in [0.15, 0.2) is 0 Å². The zero-order chi connectivity index (χ0) is 15.3. The molecule has 0 unspecified atom stereocenters. The van der Waals surface area contributed by atoms with Crippen molar-refractivity contribution in [1.29, 1.82) is 0 Å². The lowest BCUT2D eigenvalue weighted by Crippen LogP contribution is -2.08. The lowest BCUT2D eigenvalue weighted by Gasteiger charge is -2.13. The number of rotatable bonds is 12. The molecule has 0 saturated heterocycles. The Morgan fingerprint density at radius 3 is 2.57 bits per heavy atom. The first-order valence-electron chi connectivity index (χ1n) is 7.95. The third-order valence-electron chi connectivity index (χ3n) is 3.19. The molecule has 1 rings (SSSR count). The van der Waals surface area contributed by atoms with Crippen molar-refractivity contribution in [3.8, 4) is 11.5 Å². The van der Waals surface area contributed by atoms with E-state index in [9.17, 15) is 0 Å². The number of benzene rings is 1. The van der Waals surface area contributed by atoms with E-state index < -0.39 is 0 Å². The van der Waals surface area contributed by atoms with Gasteiger partial charge in [0, 0.05) is 24.8 Å². The minimum Gasteiger partial charge on any atom is -0.493 e. The Kier molecular flexibility index (Phi) is 9.66. The largest absolute Gasteiger partial charge is 0.493 e. The summed E-state index contributed by atoms with van der Waals surface area (Å²) in [7, 11) is 1.93. The highest BCUT2D eigenvalue weighted by Gasteiger charge is 2.06. The third kappa shape index (κ3) is 7.34. The molecule has 0 aliphatic rings. The minimum atomic E-state index is 0.282. The van der Waals surface area contributed by atoms with Crippen LogP contribution in [0, 0.1) is 0 Å². The first-order valence-corrected chi connectivity index (χ1v) is 7.95. The Bertz CT molecular complexity index is 382. The van der Waals surface area contributed by atoms with Gasteiger partial charge in [0.1, 0.15) is 11.5 Å². The molecule has 2 N–H and O–H groups in total. The molecule has 4 heteroatoms. The van der Waals surface area contributed by atoms with Crippen molar-refractivity contribution < 1.29 is 14.6 Å². The van der Waals surface area contributed by atoms with Crippen LogP contribution in [-0.2, 0) is 6.54 Å². The zero-order valence-electron chi connectivity index (χ0n) is 13.4. The molecular weight excluding hydrogens is 266 g/mol. The summed E-state index contributed by atoms with van der Waals surface area (Å²) in [6.07, 6.45) is 5.04. The third-order valence-corrected chi connectivity index (χ3v) is 3.19. The maximum atomic E-state index is 8.75. The van der Waals surface area contributed by atoms with Crippen LogP contribution in [0.5, 0.6) is 11.5 Å². The van der Waals surface area contributed by atoms with Crippen LogP contribution in [0.4, 0.5) is 0 Å².